The van der Waals surface area contributed by atoms with Crippen molar-refractivity contribution >= 4 is 5.91 Å². The van der Waals surface area contributed by atoms with Gasteiger partial charge in [-0.1, -0.05) is 12.1 Å². The Kier molecular flexibility index (Phi) is 5.10. The number of hydrogen-bond acceptors (Lipinski definition) is 5. The normalized spacial score (nSPS) is 11.9. The van der Waals surface area contributed by atoms with E-state index in [9.17, 15) is 9.18 Å². The van der Waals surface area contributed by atoms with Gasteiger partial charge in [0, 0.05) is 12.2 Å². The zero-order chi connectivity index (χ0) is 20.2. The predicted molar refractivity (Wildman–Crippen MR) is 104 cm³/mol. The van der Waals surface area contributed by atoms with Crippen LogP contribution in [0.2, 0.25) is 0 Å². The van der Waals surface area contributed by atoms with Gasteiger partial charge in [0.15, 0.2) is 0 Å². The molecule has 0 saturated carbocycles. The second-order valence-corrected chi connectivity index (χ2v) is 6.49. The number of nitrogens with one attached hydrogen (secondary N) is 1. The zero-order valence-electron chi connectivity index (χ0n) is 15.6. The SMILES string of the molecule is C[C@@H](Cn1ccc(-c2ccc(F)cn2)n1)NC(=O)c1ccccc1-n1nccn1. The number of aromatic nitrogens is 6. The van der Waals surface area contributed by atoms with Crippen LogP contribution in [0.3, 0.4) is 0 Å². The Bertz CT molecular complexity index is 1110. The van der Waals surface area contributed by atoms with Crippen molar-refractivity contribution in [2.24, 2.45) is 0 Å². The molecule has 0 aliphatic rings. The Morgan fingerprint density at radius 3 is 2.66 bits per heavy atom. The van der Waals surface area contributed by atoms with Crippen LogP contribution in [-0.2, 0) is 6.54 Å². The van der Waals surface area contributed by atoms with Crippen LogP contribution in [0.25, 0.3) is 17.1 Å². The molecule has 0 aliphatic heterocycles. The van der Waals surface area contributed by atoms with Gasteiger partial charge in [-0.25, -0.2) is 4.39 Å². The molecule has 4 rings (SSSR count). The number of hydrogen-bond donors (Lipinski definition) is 1. The molecule has 146 valence electrons. The minimum atomic E-state index is -0.393. The van der Waals surface area contributed by atoms with Crippen LogP contribution in [0, 0.1) is 5.82 Å². The number of benzene rings is 1. The molecule has 0 saturated heterocycles. The molecule has 1 atom stereocenters. The van der Waals surface area contributed by atoms with Gasteiger partial charge in [-0.05, 0) is 37.3 Å². The molecule has 0 fully saturated rings. The topological polar surface area (TPSA) is 90.5 Å². The fourth-order valence-electron chi connectivity index (χ4n) is 2.94. The fraction of sp³-hybridized carbons (Fsp3) is 0.150. The molecule has 0 spiro atoms. The van der Waals surface area contributed by atoms with Crippen LogP contribution in [0.5, 0.6) is 0 Å². The molecule has 1 N–H and O–H groups in total. The summed E-state index contributed by atoms with van der Waals surface area (Å²) in [6.45, 7) is 2.36. The van der Waals surface area contributed by atoms with Crippen LogP contribution >= 0.6 is 0 Å². The van der Waals surface area contributed by atoms with E-state index >= 15 is 0 Å². The largest absolute Gasteiger partial charge is 0.348 e. The first-order valence-corrected chi connectivity index (χ1v) is 9.02. The van der Waals surface area contributed by atoms with Crippen LogP contribution < -0.4 is 5.32 Å². The Labute approximate surface area is 166 Å². The highest BCUT2D eigenvalue weighted by Crippen LogP contribution is 2.15. The third kappa shape index (κ3) is 4.18. The lowest BCUT2D eigenvalue weighted by atomic mass is 10.1. The molecule has 3 aromatic heterocycles. The first kappa shape index (κ1) is 18.5. The first-order chi connectivity index (χ1) is 14.1. The highest BCUT2D eigenvalue weighted by Gasteiger charge is 2.16. The number of halogens is 1. The summed E-state index contributed by atoms with van der Waals surface area (Å²) in [5, 5.41) is 15.6. The van der Waals surface area contributed by atoms with Gasteiger partial charge < -0.3 is 5.32 Å². The number of nitrogens with zero attached hydrogens (tertiary/aromatic N) is 6. The van der Waals surface area contributed by atoms with E-state index < -0.39 is 5.82 Å². The number of rotatable bonds is 6. The molecule has 0 aliphatic carbocycles. The molecule has 9 heteroatoms. The summed E-state index contributed by atoms with van der Waals surface area (Å²) >= 11 is 0. The Balaban J connectivity index is 1.44. The molecule has 0 radical (unpaired) electrons. The van der Waals surface area contributed by atoms with E-state index in [0.717, 1.165) is 6.20 Å². The van der Waals surface area contributed by atoms with E-state index in [1.165, 1.54) is 10.9 Å². The highest BCUT2D eigenvalue weighted by atomic mass is 19.1. The van der Waals surface area contributed by atoms with Crippen LogP contribution in [0.4, 0.5) is 4.39 Å². The van der Waals surface area contributed by atoms with Crippen molar-refractivity contribution in [1.82, 2.24) is 35.1 Å². The molecule has 3 heterocycles. The lowest BCUT2D eigenvalue weighted by molar-refractivity contribution is 0.0935. The van der Waals surface area contributed by atoms with Crippen molar-refractivity contribution in [3.05, 3.63) is 78.6 Å². The molecule has 29 heavy (non-hydrogen) atoms. The smallest absolute Gasteiger partial charge is 0.253 e. The number of para-hydroxylation sites is 1. The van der Waals surface area contributed by atoms with Crippen molar-refractivity contribution in [3.63, 3.8) is 0 Å². The van der Waals surface area contributed by atoms with Crippen LogP contribution in [0.15, 0.2) is 67.3 Å². The molecular formula is C20H18FN7O. The number of carbonyl (C=O) groups excluding carboxylic acids is 1. The van der Waals surface area contributed by atoms with Crippen molar-refractivity contribution < 1.29 is 9.18 Å². The Morgan fingerprint density at radius 2 is 1.90 bits per heavy atom. The summed E-state index contributed by atoms with van der Waals surface area (Å²) in [5.74, 6) is -0.618. The standard InChI is InChI=1S/C20H18FN7O/c1-14(13-27-11-8-18(26-27)17-7-6-15(21)12-22-17)25-20(29)16-4-2-3-5-19(16)28-23-9-10-24-28/h2-12,14H,13H2,1H3,(H,25,29)/t14-/m0/s1. The Hall–Kier alpha value is -3.88. The van der Waals surface area contributed by atoms with E-state index in [-0.39, 0.29) is 11.9 Å². The number of carbonyl (C=O) groups is 1. The second-order valence-electron chi connectivity index (χ2n) is 6.49. The average molecular weight is 391 g/mol. The molecule has 4 aromatic rings. The van der Waals surface area contributed by atoms with E-state index in [4.69, 9.17) is 0 Å². The predicted octanol–water partition coefficient (Wildman–Crippen LogP) is 2.48. The summed E-state index contributed by atoms with van der Waals surface area (Å²) < 4.78 is 14.7. The molecule has 0 bridgehead atoms. The summed E-state index contributed by atoms with van der Waals surface area (Å²) in [6, 6.07) is 11.7. The minimum absolute atomic E-state index is 0.185. The quantitative estimate of drug-likeness (QED) is 0.545. The second kappa shape index (κ2) is 8.01. The van der Waals surface area contributed by atoms with Crippen LogP contribution in [-0.4, -0.2) is 41.7 Å². The molecular weight excluding hydrogens is 373 g/mol. The van der Waals surface area contributed by atoms with E-state index in [1.807, 2.05) is 13.0 Å². The van der Waals surface area contributed by atoms with Gasteiger partial charge in [-0.2, -0.15) is 20.1 Å². The average Bonchev–Trinajstić information content (AvgIpc) is 3.41. The maximum absolute atomic E-state index is 13.0. The number of amides is 1. The van der Waals surface area contributed by atoms with Crippen molar-refractivity contribution in [2.45, 2.75) is 19.5 Å². The van der Waals surface area contributed by atoms with Gasteiger partial charge >= 0.3 is 0 Å². The van der Waals surface area contributed by atoms with E-state index in [2.05, 4.69) is 25.6 Å². The van der Waals surface area contributed by atoms with Crippen molar-refractivity contribution in [3.8, 4) is 17.1 Å². The lowest BCUT2D eigenvalue weighted by Gasteiger charge is -2.15. The first-order valence-electron chi connectivity index (χ1n) is 9.02. The number of pyridine rings is 1. The van der Waals surface area contributed by atoms with Gasteiger partial charge in [-0.15, -0.1) is 0 Å². The minimum Gasteiger partial charge on any atom is -0.348 e. The molecule has 8 nitrogen and oxygen atoms in total. The molecule has 0 unspecified atom stereocenters. The van der Waals surface area contributed by atoms with E-state index in [0.29, 0.717) is 29.2 Å². The maximum Gasteiger partial charge on any atom is 0.253 e. The van der Waals surface area contributed by atoms with Gasteiger partial charge in [0.2, 0.25) is 0 Å². The highest BCUT2D eigenvalue weighted by molar-refractivity contribution is 5.97. The van der Waals surface area contributed by atoms with Crippen molar-refractivity contribution in [2.75, 3.05) is 0 Å². The monoisotopic (exact) mass is 391 g/mol. The van der Waals surface area contributed by atoms with Crippen LogP contribution in [0.1, 0.15) is 17.3 Å². The van der Waals surface area contributed by atoms with Crippen molar-refractivity contribution in [1.29, 1.82) is 0 Å². The van der Waals surface area contributed by atoms with Gasteiger partial charge in [0.1, 0.15) is 11.5 Å². The third-order valence-corrected chi connectivity index (χ3v) is 4.25. The zero-order valence-corrected chi connectivity index (χ0v) is 15.6. The molecule has 1 amide bonds. The van der Waals surface area contributed by atoms with E-state index in [1.54, 1.807) is 53.6 Å². The summed E-state index contributed by atoms with van der Waals surface area (Å²) in [7, 11) is 0. The van der Waals surface area contributed by atoms with Gasteiger partial charge in [0.05, 0.1) is 42.1 Å². The van der Waals surface area contributed by atoms with Gasteiger partial charge in [0.25, 0.3) is 5.91 Å². The fourth-order valence-corrected chi connectivity index (χ4v) is 2.94. The lowest BCUT2D eigenvalue weighted by Crippen LogP contribution is -2.36. The third-order valence-electron chi connectivity index (χ3n) is 4.25. The summed E-state index contributed by atoms with van der Waals surface area (Å²) in [5.41, 5.74) is 2.30. The summed E-state index contributed by atoms with van der Waals surface area (Å²) in [6.07, 6.45) is 6.07. The molecule has 1 aromatic carbocycles. The van der Waals surface area contributed by atoms with Gasteiger partial charge in [-0.3, -0.25) is 14.5 Å². The maximum atomic E-state index is 13.0. The Morgan fingerprint density at radius 1 is 1.10 bits per heavy atom. The summed E-state index contributed by atoms with van der Waals surface area (Å²) in [4.78, 5) is 18.2.